The maximum absolute atomic E-state index is 14.4. The van der Waals surface area contributed by atoms with Crippen molar-refractivity contribution in [3.8, 4) is 28.3 Å². The Balaban J connectivity index is 1.77. The smallest absolute Gasteiger partial charge is 0.165 e. The Morgan fingerprint density at radius 1 is 0.906 bits per heavy atom. The van der Waals surface area contributed by atoms with Gasteiger partial charge in [0.2, 0.25) is 0 Å². The third-order valence-corrected chi connectivity index (χ3v) is 5.31. The number of halogens is 1. The summed E-state index contributed by atoms with van der Waals surface area (Å²) in [4.78, 5) is 13.8. The number of nitrogens with one attached hydrogen (secondary N) is 1. The van der Waals surface area contributed by atoms with Crippen LogP contribution in [0.1, 0.15) is 5.56 Å². The van der Waals surface area contributed by atoms with Crippen LogP contribution in [0.25, 0.3) is 39.5 Å². The van der Waals surface area contributed by atoms with Crippen LogP contribution in [0.2, 0.25) is 0 Å². The molecule has 0 radical (unpaired) electrons. The van der Waals surface area contributed by atoms with E-state index in [1.807, 2.05) is 41.9 Å². The van der Waals surface area contributed by atoms with Gasteiger partial charge in [-0.05, 0) is 61.1 Å². The molecule has 5 rings (SSSR count). The molecule has 0 amide bonds. The van der Waals surface area contributed by atoms with E-state index < -0.39 is 0 Å². The van der Waals surface area contributed by atoms with E-state index in [1.165, 1.54) is 6.07 Å². The van der Waals surface area contributed by atoms with Gasteiger partial charge in [-0.2, -0.15) is 0 Å². The molecule has 7 heteroatoms. The Hall–Kier alpha value is -4.10. The van der Waals surface area contributed by atoms with Crippen molar-refractivity contribution in [1.29, 1.82) is 0 Å². The summed E-state index contributed by atoms with van der Waals surface area (Å²) in [5.74, 6) is 0.689. The van der Waals surface area contributed by atoms with E-state index >= 15 is 0 Å². The molecule has 3 aromatic heterocycles. The van der Waals surface area contributed by atoms with Crippen molar-refractivity contribution in [2.75, 3.05) is 12.8 Å². The molecule has 0 saturated heterocycles. The topological polar surface area (TPSA) is 81.7 Å². The van der Waals surface area contributed by atoms with Crippen molar-refractivity contribution in [2.24, 2.45) is 0 Å². The molecule has 2 aromatic carbocycles. The van der Waals surface area contributed by atoms with Gasteiger partial charge in [-0.1, -0.05) is 24.3 Å². The Morgan fingerprint density at radius 2 is 1.69 bits per heavy atom. The molecule has 0 spiro atoms. The molecule has 158 valence electrons. The van der Waals surface area contributed by atoms with Crippen molar-refractivity contribution in [3.05, 3.63) is 90.4 Å². The van der Waals surface area contributed by atoms with Crippen LogP contribution in [0.3, 0.4) is 0 Å². The fraction of sp³-hybridized carbons (Fsp3) is 0.0800. The van der Waals surface area contributed by atoms with Crippen molar-refractivity contribution in [1.82, 2.24) is 24.8 Å². The number of rotatable bonds is 5. The number of pyridine rings is 2. The van der Waals surface area contributed by atoms with E-state index in [0.717, 1.165) is 17.8 Å². The minimum atomic E-state index is -0.321. The summed E-state index contributed by atoms with van der Waals surface area (Å²) in [7, 11) is 1.91. The molecule has 3 N–H and O–H groups in total. The van der Waals surface area contributed by atoms with Gasteiger partial charge in [0.25, 0.3) is 0 Å². The van der Waals surface area contributed by atoms with Gasteiger partial charge < -0.3 is 11.1 Å². The van der Waals surface area contributed by atoms with Crippen LogP contribution in [0.5, 0.6) is 0 Å². The van der Waals surface area contributed by atoms with Gasteiger partial charge in [0.15, 0.2) is 11.5 Å². The first kappa shape index (κ1) is 19.8. The quantitative estimate of drug-likeness (QED) is 0.431. The van der Waals surface area contributed by atoms with E-state index in [4.69, 9.17) is 15.7 Å². The molecule has 5 aromatic rings. The fourth-order valence-electron chi connectivity index (χ4n) is 3.78. The molecule has 0 bridgehead atoms. The predicted molar refractivity (Wildman–Crippen MR) is 125 cm³/mol. The first-order valence-corrected chi connectivity index (χ1v) is 10.2. The molecule has 0 atom stereocenters. The molecule has 0 fully saturated rings. The molecule has 32 heavy (non-hydrogen) atoms. The second-order valence-electron chi connectivity index (χ2n) is 7.42. The van der Waals surface area contributed by atoms with Gasteiger partial charge >= 0.3 is 0 Å². The first-order chi connectivity index (χ1) is 15.7. The highest BCUT2D eigenvalue weighted by molar-refractivity contribution is 5.84. The minimum Gasteiger partial charge on any atom is -0.383 e. The zero-order valence-corrected chi connectivity index (χ0v) is 17.5. The van der Waals surface area contributed by atoms with Crippen LogP contribution in [-0.4, -0.2) is 26.6 Å². The van der Waals surface area contributed by atoms with Gasteiger partial charge in [0, 0.05) is 24.0 Å². The number of nitrogen functional groups attached to an aromatic ring is 1. The lowest BCUT2D eigenvalue weighted by molar-refractivity contribution is 0.631. The predicted octanol–water partition coefficient (Wildman–Crippen LogP) is 4.59. The maximum atomic E-state index is 14.4. The summed E-state index contributed by atoms with van der Waals surface area (Å²) < 4.78 is 16.4. The van der Waals surface area contributed by atoms with Crippen LogP contribution < -0.4 is 11.1 Å². The molecule has 6 nitrogen and oxygen atoms in total. The third-order valence-electron chi connectivity index (χ3n) is 5.31. The normalized spacial score (nSPS) is 11.2. The van der Waals surface area contributed by atoms with Crippen LogP contribution in [0, 0.1) is 5.82 Å². The van der Waals surface area contributed by atoms with Crippen molar-refractivity contribution < 1.29 is 4.39 Å². The number of aromatic nitrogens is 4. The summed E-state index contributed by atoms with van der Waals surface area (Å²) in [6.07, 6.45) is 1.65. The molecular formula is C25H21FN6. The second kappa shape index (κ2) is 8.20. The fourth-order valence-corrected chi connectivity index (χ4v) is 3.78. The molecule has 0 aliphatic heterocycles. The largest absolute Gasteiger partial charge is 0.383 e. The van der Waals surface area contributed by atoms with E-state index in [-0.39, 0.29) is 5.82 Å². The van der Waals surface area contributed by atoms with Crippen LogP contribution in [0.15, 0.2) is 79.0 Å². The SMILES string of the molecule is CNCc1ccc(-n2c(-c3cccnc3N)nc3ccc(-c4ccccc4F)nc32)cc1. The minimum absolute atomic E-state index is 0.321. The molecule has 0 unspecified atom stereocenters. The lowest BCUT2D eigenvalue weighted by Crippen LogP contribution is -2.06. The zero-order valence-electron chi connectivity index (χ0n) is 17.5. The second-order valence-corrected chi connectivity index (χ2v) is 7.42. The van der Waals surface area contributed by atoms with Crippen molar-refractivity contribution >= 4 is 17.0 Å². The van der Waals surface area contributed by atoms with E-state index in [2.05, 4.69) is 22.4 Å². The van der Waals surface area contributed by atoms with Crippen LogP contribution in [-0.2, 0) is 6.54 Å². The summed E-state index contributed by atoms with van der Waals surface area (Å²) in [5, 5.41) is 3.15. The number of benzene rings is 2. The van der Waals surface area contributed by atoms with Gasteiger partial charge in [-0.15, -0.1) is 0 Å². The third kappa shape index (κ3) is 3.48. The Kier molecular flexibility index (Phi) is 5.09. The van der Waals surface area contributed by atoms with Crippen LogP contribution >= 0.6 is 0 Å². The lowest BCUT2D eigenvalue weighted by Gasteiger charge is -2.11. The zero-order chi connectivity index (χ0) is 22.1. The number of fused-ring (bicyclic) bond motifs is 1. The first-order valence-electron chi connectivity index (χ1n) is 10.2. The van der Waals surface area contributed by atoms with E-state index in [9.17, 15) is 4.39 Å². The average molecular weight is 424 g/mol. The number of nitrogens with two attached hydrogens (primary N) is 1. The van der Waals surface area contributed by atoms with Gasteiger partial charge in [0.1, 0.15) is 17.2 Å². The van der Waals surface area contributed by atoms with E-state index in [0.29, 0.717) is 39.6 Å². The maximum Gasteiger partial charge on any atom is 0.165 e. The highest BCUT2D eigenvalue weighted by atomic mass is 19.1. The summed E-state index contributed by atoms with van der Waals surface area (Å²) in [5.41, 5.74) is 11.2. The molecular weight excluding hydrogens is 403 g/mol. The average Bonchev–Trinajstić information content (AvgIpc) is 3.19. The summed E-state index contributed by atoms with van der Waals surface area (Å²) in [6, 6.07) is 22.1. The lowest BCUT2D eigenvalue weighted by atomic mass is 10.1. The summed E-state index contributed by atoms with van der Waals surface area (Å²) >= 11 is 0. The summed E-state index contributed by atoms with van der Waals surface area (Å²) in [6.45, 7) is 0.767. The highest BCUT2D eigenvalue weighted by Crippen LogP contribution is 2.32. The Labute approximate surface area is 184 Å². The molecule has 0 aliphatic carbocycles. The van der Waals surface area contributed by atoms with Gasteiger partial charge in [-0.3, -0.25) is 4.57 Å². The number of hydrogen-bond acceptors (Lipinski definition) is 5. The standard InChI is InChI=1S/C25H21FN6/c1-28-15-16-8-10-17(11-9-16)32-24(19-6-4-14-29-23(19)27)31-22-13-12-21(30-25(22)32)18-5-2-3-7-20(18)26/h2-14,28H,15H2,1H3,(H2,27,29). The van der Waals surface area contributed by atoms with Gasteiger partial charge in [0.05, 0.1) is 11.3 Å². The Bertz CT molecular complexity index is 1410. The monoisotopic (exact) mass is 424 g/mol. The van der Waals surface area contributed by atoms with Gasteiger partial charge in [-0.25, -0.2) is 19.3 Å². The number of anilines is 1. The molecule has 3 heterocycles. The number of nitrogens with zero attached hydrogens (tertiary/aromatic N) is 4. The molecule has 0 aliphatic rings. The number of hydrogen-bond donors (Lipinski definition) is 2. The number of imidazole rings is 1. The van der Waals surface area contributed by atoms with Crippen molar-refractivity contribution in [2.45, 2.75) is 6.54 Å². The van der Waals surface area contributed by atoms with Crippen molar-refractivity contribution in [3.63, 3.8) is 0 Å². The van der Waals surface area contributed by atoms with E-state index in [1.54, 1.807) is 30.5 Å². The Morgan fingerprint density at radius 3 is 2.44 bits per heavy atom. The highest BCUT2D eigenvalue weighted by Gasteiger charge is 2.19. The van der Waals surface area contributed by atoms with Crippen LogP contribution in [0.4, 0.5) is 10.2 Å². The molecule has 0 saturated carbocycles.